The van der Waals surface area contributed by atoms with Crippen molar-refractivity contribution >= 4 is 37.4 Å². The minimum Gasteiger partial charge on any atom is -0.507 e. The summed E-state index contributed by atoms with van der Waals surface area (Å²) < 4.78 is 6.42. The fourth-order valence-corrected chi connectivity index (χ4v) is 15.9. The zero-order valence-corrected chi connectivity index (χ0v) is 48.5. The number of phenols is 3. The molecule has 0 aromatic heterocycles. The van der Waals surface area contributed by atoms with E-state index >= 15 is 0 Å². The zero-order chi connectivity index (χ0) is 51.0. The van der Waals surface area contributed by atoms with Crippen LogP contribution in [-0.2, 0) is 12.8 Å². The average Bonchev–Trinajstić information content (AvgIpc) is 3.22. The van der Waals surface area contributed by atoms with Crippen molar-refractivity contribution in [3.8, 4) is 23.0 Å². The minimum atomic E-state index is -0.407. The van der Waals surface area contributed by atoms with Gasteiger partial charge in [-0.05, 0) is 127 Å². The second-order valence-electron chi connectivity index (χ2n) is 22.9. The number of benzene rings is 2. The van der Waals surface area contributed by atoms with Crippen molar-refractivity contribution in [1.82, 2.24) is 0 Å². The van der Waals surface area contributed by atoms with Crippen molar-refractivity contribution in [3.05, 3.63) is 82.0 Å². The van der Waals surface area contributed by atoms with E-state index in [0.29, 0.717) is 17.2 Å². The summed E-state index contributed by atoms with van der Waals surface area (Å²) in [4.78, 5) is 0. The van der Waals surface area contributed by atoms with Crippen LogP contribution in [-0.4, -0.2) is 40.4 Å². The SMILES string of the molecule is C=C(C)[C@@H]1CCC(C)=C[C@H]1c1c(O)cc(CCCCCCCC)cc1O.CC(C)[CH2][Al]([CH2]C(C)C)[CH2]C(C)C.CCCCCCCCc1cc(O)c2c(c1)OC(C)(C)[C@@H]1CCC(C)=C[C@@H]21.ClCCl. The molecule has 0 radical (unpaired) electrons. The monoisotopic (exact) mass is 995 g/mol. The number of hydrogen-bond acceptors (Lipinski definition) is 4. The molecule has 3 aliphatic rings. The molecule has 1 heterocycles. The van der Waals surface area contributed by atoms with E-state index in [1.807, 2.05) is 25.1 Å². The van der Waals surface area contributed by atoms with Gasteiger partial charge in [-0.1, -0.05) is 189 Å². The maximum Gasteiger partial charge on any atom is 0.262 e. The minimum absolute atomic E-state index is 0.0179. The highest BCUT2D eigenvalue weighted by molar-refractivity contribution is 6.58. The van der Waals surface area contributed by atoms with Crippen molar-refractivity contribution < 1.29 is 20.1 Å². The molecule has 7 heteroatoms. The van der Waals surface area contributed by atoms with Crippen molar-refractivity contribution in [2.75, 3.05) is 5.34 Å². The topological polar surface area (TPSA) is 69.9 Å². The van der Waals surface area contributed by atoms with E-state index in [1.165, 1.54) is 87.3 Å². The molecule has 0 fully saturated rings. The van der Waals surface area contributed by atoms with Crippen LogP contribution in [0.5, 0.6) is 23.0 Å². The van der Waals surface area contributed by atoms with Gasteiger partial charge >= 0.3 is 0 Å². The highest BCUT2D eigenvalue weighted by atomic mass is 35.5. The number of unbranched alkanes of at least 4 members (excludes halogenated alkanes) is 10. The number of alkyl halides is 2. The van der Waals surface area contributed by atoms with Crippen LogP contribution >= 0.6 is 23.2 Å². The zero-order valence-electron chi connectivity index (χ0n) is 45.9. The summed E-state index contributed by atoms with van der Waals surface area (Å²) in [6.07, 6.45) is 26.1. The van der Waals surface area contributed by atoms with Gasteiger partial charge in [0.1, 0.15) is 28.6 Å². The molecule has 5 rings (SSSR count). The summed E-state index contributed by atoms with van der Waals surface area (Å²) in [5.41, 5.74) is 7.62. The van der Waals surface area contributed by atoms with Crippen LogP contribution < -0.4 is 4.74 Å². The number of allylic oxidation sites excluding steroid dienone is 5. The third kappa shape index (κ3) is 22.2. The first-order valence-electron chi connectivity index (χ1n) is 27.4. The van der Waals surface area contributed by atoms with Gasteiger partial charge in [0.25, 0.3) is 14.1 Å². The molecular formula is C61H101AlCl2O4. The Hall–Kier alpha value is -2.03. The molecule has 3 N–H and O–H groups in total. The molecule has 0 spiro atoms. The fourth-order valence-electron chi connectivity index (χ4n) is 11.3. The molecule has 1 aliphatic heterocycles. The van der Waals surface area contributed by atoms with Gasteiger partial charge in [0.05, 0.1) is 5.34 Å². The molecule has 0 saturated carbocycles. The molecule has 0 bridgehead atoms. The summed E-state index contributed by atoms with van der Waals surface area (Å²) in [6, 6.07) is 7.89. The summed E-state index contributed by atoms with van der Waals surface area (Å²) >= 11 is 9.12. The van der Waals surface area contributed by atoms with Crippen LogP contribution in [0.3, 0.4) is 0 Å². The summed E-state index contributed by atoms with van der Waals surface area (Å²) in [5.74, 6) is 5.59. The lowest BCUT2D eigenvalue weighted by atomic mass is 9.68. The number of rotatable bonds is 22. The molecule has 0 amide bonds. The van der Waals surface area contributed by atoms with Gasteiger partial charge in [0.2, 0.25) is 0 Å². The number of halogens is 2. The largest absolute Gasteiger partial charge is 0.507 e. The summed E-state index contributed by atoms with van der Waals surface area (Å²) in [5, 5.41) is 37.0. The molecule has 2 aliphatic carbocycles. The predicted molar refractivity (Wildman–Crippen MR) is 301 cm³/mol. The van der Waals surface area contributed by atoms with E-state index in [0.717, 1.165) is 85.1 Å². The molecule has 4 atom stereocenters. The average molecular weight is 996 g/mol. The molecule has 2 aromatic rings. The van der Waals surface area contributed by atoms with Crippen molar-refractivity contribution in [1.29, 1.82) is 0 Å². The summed E-state index contributed by atoms with van der Waals surface area (Å²) in [6.45, 7) is 33.7. The third-order valence-corrected chi connectivity index (χ3v) is 19.3. The van der Waals surface area contributed by atoms with Crippen molar-refractivity contribution in [2.45, 2.75) is 239 Å². The van der Waals surface area contributed by atoms with E-state index in [2.05, 4.69) is 108 Å². The first-order valence-corrected chi connectivity index (χ1v) is 30.9. The van der Waals surface area contributed by atoms with Crippen LogP contribution in [0.25, 0.3) is 0 Å². The van der Waals surface area contributed by atoms with Gasteiger partial charge in [0, 0.05) is 28.9 Å². The van der Waals surface area contributed by atoms with E-state index in [-0.39, 0.29) is 40.2 Å². The Morgan fingerprint density at radius 2 is 1.04 bits per heavy atom. The van der Waals surface area contributed by atoms with Crippen molar-refractivity contribution in [2.24, 2.45) is 29.6 Å². The van der Waals surface area contributed by atoms with E-state index < -0.39 is 14.1 Å². The van der Waals surface area contributed by atoms with Gasteiger partial charge in [-0.3, -0.25) is 0 Å². The van der Waals surface area contributed by atoms with Crippen LogP contribution in [0.15, 0.2) is 59.7 Å². The van der Waals surface area contributed by atoms with Gasteiger partial charge < -0.3 is 20.1 Å². The number of phenolic OH excluding ortho intramolecular Hbond substituents is 3. The molecular weight excluding hydrogens is 895 g/mol. The van der Waals surface area contributed by atoms with E-state index in [1.54, 1.807) is 15.8 Å². The number of aromatic hydroxyl groups is 3. The lowest BCUT2D eigenvalue weighted by molar-refractivity contribution is 0.0107. The van der Waals surface area contributed by atoms with Crippen LogP contribution in [0, 0.1) is 29.6 Å². The Kier molecular flexibility index (Phi) is 30.0. The predicted octanol–water partition coefficient (Wildman–Crippen LogP) is 19.8. The number of hydrogen-bond donors (Lipinski definition) is 3. The maximum absolute atomic E-state index is 10.8. The highest BCUT2D eigenvalue weighted by Gasteiger charge is 2.45. The van der Waals surface area contributed by atoms with Gasteiger partial charge in [0.15, 0.2) is 0 Å². The van der Waals surface area contributed by atoms with Crippen molar-refractivity contribution in [3.63, 3.8) is 0 Å². The van der Waals surface area contributed by atoms with Crippen LogP contribution in [0.4, 0.5) is 0 Å². The summed E-state index contributed by atoms with van der Waals surface area (Å²) in [7, 11) is 0. The van der Waals surface area contributed by atoms with Gasteiger partial charge in [-0.25, -0.2) is 0 Å². The second-order valence-corrected chi connectivity index (χ2v) is 26.8. The Balaban J connectivity index is 0.000000358. The fraction of sp³-hybridized carbons (Fsp3) is 0.705. The lowest BCUT2D eigenvalue weighted by Crippen LogP contribution is -2.45. The Morgan fingerprint density at radius 3 is 1.49 bits per heavy atom. The normalized spacial score (nSPS) is 19.2. The smallest absolute Gasteiger partial charge is 0.262 e. The molecule has 4 nitrogen and oxygen atoms in total. The van der Waals surface area contributed by atoms with E-state index in [9.17, 15) is 15.3 Å². The first kappa shape index (κ1) is 62.1. The first-order chi connectivity index (χ1) is 32.2. The van der Waals surface area contributed by atoms with Gasteiger partial charge in [-0.2, -0.15) is 0 Å². The van der Waals surface area contributed by atoms with E-state index in [4.69, 9.17) is 27.9 Å². The quantitative estimate of drug-likeness (QED) is 0.0476. The Labute approximate surface area is 433 Å². The lowest BCUT2D eigenvalue weighted by Gasteiger charge is -2.46. The number of ether oxygens (including phenoxy) is 1. The molecule has 0 saturated heterocycles. The molecule has 386 valence electrons. The molecule has 68 heavy (non-hydrogen) atoms. The third-order valence-electron chi connectivity index (χ3n) is 14.5. The maximum atomic E-state index is 10.8. The molecule has 0 unspecified atom stereocenters. The number of aryl methyl sites for hydroxylation is 2. The van der Waals surface area contributed by atoms with Gasteiger partial charge in [-0.15, -0.1) is 23.2 Å². The van der Waals surface area contributed by atoms with Crippen LogP contribution in [0.1, 0.15) is 227 Å². The molecule has 2 aromatic carbocycles. The van der Waals surface area contributed by atoms with Crippen LogP contribution in [0.2, 0.25) is 15.8 Å². The highest BCUT2D eigenvalue weighted by Crippen LogP contribution is 2.53. The Morgan fingerprint density at radius 1 is 0.647 bits per heavy atom. The Bertz CT molecular complexity index is 1760. The number of fused-ring (bicyclic) bond motifs is 3. The second kappa shape index (κ2) is 32.8. The standard InChI is InChI=1S/2C24H36O2.3C4H9.CH2Cl2.Al/c1-5-6-7-8-9-10-11-18-15-21(25)23-19-14-17(2)12-13-20(19)24(3,4)26-22(23)16-18;1-5-6-7-8-9-10-11-19-15-22(25)24(23(26)16-19)21-14-18(4)12-13-20(21)17(2)3;3*1-4(2)3;2-1-3;/h14-16,19-20,25H,5-13H2,1-4H3;14-16,20-21,25-26H,2,5-13H2,1,3-4H3;3*4H,1H2,2-3H3;1H2;/t19-,20-;20-,21+;;;;;/m10...../s1.